The summed E-state index contributed by atoms with van der Waals surface area (Å²) in [5.41, 5.74) is 2.41. The van der Waals surface area contributed by atoms with Crippen molar-refractivity contribution >= 4 is 11.6 Å². The second-order valence-electron chi connectivity index (χ2n) is 8.19. The zero-order valence-electron chi connectivity index (χ0n) is 20.2. The van der Waals surface area contributed by atoms with Crippen LogP contribution in [0.4, 0.5) is 0 Å². The highest BCUT2D eigenvalue weighted by Gasteiger charge is 2.36. The molecule has 0 heterocycles. The summed E-state index contributed by atoms with van der Waals surface area (Å²) in [5.74, 6) is 5.30. The van der Waals surface area contributed by atoms with Crippen LogP contribution in [0.3, 0.4) is 0 Å². The molecule has 0 spiro atoms. The Morgan fingerprint density at radius 3 is 1.86 bits per heavy atom. The quantitative estimate of drug-likeness (QED) is 0.173. The van der Waals surface area contributed by atoms with Gasteiger partial charge in [0.1, 0.15) is 17.4 Å². The fourth-order valence-corrected chi connectivity index (χ4v) is 4.01. The first-order chi connectivity index (χ1) is 17.6. The van der Waals surface area contributed by atoms with Gasteiger partial charge in [0, 0.05) is 16.7 Å². The maximum atomic E-state index is 14.0. The van der Waals surface area contributed by atoms with Crippen LogP contribution in [-0.2, 0) is 0 Å². The zero-order chi connectivity index (χ0) is 25.3. The minimum Gasteiger partial charge on any atom is -0.497 e. The summed E-state index contributed by atoms with van der Waals surface area (Å²) in [6.45, 7) is 0. The number of hydrogen-bond acceptors (Lipinski definition) is 4. The average molecular weight is 475 g/mol. The number of Topliss-reactive ketones (excluding diaryl/α,β-unsaturated/α-hetero) is 2. The van der Waals surface area contributed by atoms with Crippen LogP contribution < -0.4 is 9.47 Å². The molecule has 4 aromatic rings. The normalized spacial score (nSPS) is 11.9. The summed E-state index contributed by atoms with van der Waals surface area (Å²) in [6, 6.07) is 32.6. The molecular weight excluding hydrogens is 448 g/mol. The maximum Gasteiger partial charge on any atom is 0.175 e. The van der Waals surface area contributed by atoms with E-state index in [1.807, 2.05) is 60.7 Å². The summed E-state index contributed by atoms with van der Waals surface area (Å²) in [6.07, 6.45) is 0. The van der Waals surface area contributed by atoms with Crippen LogP contribution in [0.5, 0.6) is 11.5 Å². The first kappa shape index (κ1) is 24.5. The van der Waals surface area contributed by atoms with Gasteiger partial charge in [-0.25, -0.2) is 0 Å². The lowest BCUT2D eigenvalue weighted by atomic mass is 9.77. The van der Waals surface area contributed by atoms with Gasteiger partial charge in [-0.15, -0.1) is 0 Å². The number of ketones is 2. The number of rotatable bonds is 8. The molecule has 0 saturated heterocycles. The molecule has 0 aliphatic carbocycles. The fraction of sp³-hybridized carbons (Fsp3) is 0.125. The van der Waals surface area contributed by atoms with Crippen molar-refractivity contribution in [2.45, 2.75) is 5.92 Å². The molecule has 2 unspecified atom stereocenters. The van der Waals surface area contributed by atoms with Crippen molar-refractivity contribution in [3.8, 4) is 23.3 Å². The highest BCUT2D eigenvalue weighted by atomic mass is 16.5. The van der Waals surface area contributed by atoms with E-state index in [-0.39, 0.29) is 11.6 Å². The van der Waals surface area contributed by atoms with Crippen LogP contribution in [0.2, 0.25) is 0 Å². The van der Waals surface area contributed by atoms with E-state index in [9.17, 15) is 9.59 Å². The van der Waals surface area contributed by atoms with E-state index >= 15 is 0 Å². The fourth-order valence-electron chi connectivity index (χ4n) is 4.01. The minimum atomic E-state index is -1.07. The van der Waals surface area contributed by atoms with E-state index in [4.69, 9.17) is 9.47 Å². The lowest BCUT2D eigenvalue weighted by Gasteiger charge is -2.22. The lowest BCUT2D eigenvalue weighted by Crippen LogP contribution is -2.30. The Morgan fingerprint density at radius 1 is 0.639 bits per heavy atom. The Balaban J connectivity index is 1.87. The van der Waals surface area contributed by atoms with E-state index < -0.39 is 11.8 Å². The van der Waals surface area contributed by atoms with E-state index in [0.29, 0.717) is 22.6 Å². The minimum absolute atomic E-state index is 0.286. The largest absolute Gasteiger partial charge is 0.497 e. The van der Waals surface area contributed by atoms with Crippen molar-refractivity contribution in [3.05, 3.63) is 131 Å². The van der Waals surface area contributed by atoms with Crippen LogP contribution in [-0.4, -0.2) is 25.8 Å². The second kappa shape index (κ2) is 11.7. The predicted octanol–water partition coefficient (Wildman–Crippen LogP) is 6.22. The van der Waals surface area contributed by atoms with Crippen molar-refractivity contribution in [2.24, 2.45) is 5.92 Å². The molecule has 0 fully saturated rings. The predicted molar refractivity (Wildman–Crippen MR) is 141 cm³/mol. The molecule has 36 heavy (non-hydrogen) atoms. The Bertz CT molecular complexity index is 1380. The first-order valence-corrected chi connectivity index (χ1v) is 11.6. The van der Waals surface area contributed by atoms with Crippen LogP contribution >= 0.6 is 0 Å². The van der Waals surface area contributed by atoms with E-state index in [1.54, 1.807) is 62.8 Å². The van der Waals surface area contributed by atoms with Crippen molar-refractivity contribution in [1.82, 2.24) is 0 Å². The van der Waals surface area contributed by atoms with Gasteiger partial charge in [-0.05, 0) is 42.0 Å². The third-order valence-corrected chi connectivity index (χ3v) is 5.93. The van der Waals surface area contributed by atoms with E-state index in [0.717, 1.165) is 11.1 Å². The summed E-state index contributed by atoms with van der Waals surface area (Å²) < 4.78 is 10.6. The number of ether oxygens (including phenoxy) is 2. The molecule has 0 saturated carbocycles. The number of carbonyl (C=O) groups excluding carboxylic acids is 2. The molecule has 2 atom stereocenters. The van der Waals surface area contributed by atoms with Gasteiger partial charge in [-0.1, -0.05) is 84.6 Å². The smallest absolute Gasteiger partial charge is 0.175 e. The van der Waals surface area contributed by atoms with Gasteiger partial charge >= 0.3 is 0 Å². The molecule has 178 valence electrons. The van der Waals surface area contributed by atoms with Crippen LogP contribution in [0.25, 0.3) is 0 Å². The molecule has 0 radical (unpaired) electrons. The summed E-state index contributed by atoms with van der Waals surface area (Å²) in [5, 5.41) is 0. The highest BCUT2D eigenvalue weighted by molar-refractivity contribution is 6.17. The molecular formula is C32H26O4. The van der Waals surface area contributed by atoms with Gasteiger partial charge in [0.2, 0.25) is 0 Å². The molecule has 0 amide bonds. The molecule has 4 nitrogen and oxygen atoms in total. The lowest BCUT2D eigenvalue weighted by molar-refractivity contribution is 0.0797. The summed E-state index contributed by atoms with van der Waals surface area (Å²) in [7, 11) is 3.14. The monoisotopic (exact) mass is 474 g/mol. The SMILES string of the molecule is COc1ccc(C(C#Cc2ccccc2)C(C(=O)c2ccccc2)C(=O)c2cccc(OC)c2)cc1. The number of methoxy groups -OCH3 is 2. The number of hydrogen-bond donors (Lipinski definition) is 0. The van der Waals surface area contributed by atoms with Crippen LogP contribution in [0.1, 0.15) is 37.8 Å². The Kier molecular flexibility index (Phi) is 7.95. The van der Waals surface area contributed by atoms with Crippen molar-refractivity contribution in [3.63, 3.8) is 0 Å². The molecule has 0 bridgehead atoms. The summed E-state index contributed by atoms with van der Waals surface area (Å²) >= 11 is 0. The first-order valence-electron chi connectivity index (χ1n) is 11.6. The summed E-state index contributed by atoms with van der Waals surface area (Å²) in [4.78, 5) is 27.9. The maximum absolute atomic E-state index is 14.0. The second-order valence-corrected chi connectivity index (χ2v) is 8.19. The van der Waals surface area contributed by atoms with Crippen molar-refractivity contribution in [2.75, 3.05) is 14.2 Å². The Labute approximate surface area is 211 Å². The Morgan fingerprint density at radius 2 is 1.22 bits per heavy atom. The van der Waals surface area contributed by atoms with Gasteiger partial charge in [0.15, 0.2) is 11.6 Å². The standard InChI is InChI=1S/C32H26O4/c1-35-27-19-17-24(18-20-27)29(21-16-23-10-5-3-6-11-23)30(31(33)25-12-7-4-8-13-25)32(34)26-14-9-15-28(22-26)36-2/h3-15,17-20,22,29-30H,1-2H3. The average Bonchev–Trinajstić information content (AvgIpc) is 2.95. The molecule has 0 aliphatic heterocycles. The van der Waals surface area contributed by atoms with Crippen molar-refractivity contribution in [1.29, 1.82) is 0 Å². The van der Waals surface area contributed by atoms with E-state index in [2.05, 4.69) is 11.8 Å². The van der Waals surface area contributed by atoms with Gasteiger partial charge < -0.3 is 9.47 Å². The molecule has 0 N–H and O–H groups in total. The zero-order valence-corrected chi connectivity index (χ0v) is 20.2. The van der Waals surface area contributed by atoms with E-state index in [1.165, 1.54) is 0 Å². The highest BCUT2D eigenvalue weighted by Crippen LogP contribution is 2.32. The molecule has 4 aromatic carbocycles. The molecule has 0 aromatic heterocycles. The van der Waals surface area contributed by atoms with Crippen LogP contribution in [0, 0.1) is 17.8 Å². The van der Waals surface area contributed by atoms with Gasteiger partial charge in [0.25, 0.3) is 0 Å². The van der Waals surface area contributed by atoms with Crippen molar-refractivity contribution < 1.29 is 19.1 Å². The third kappa shape index (κ3) is 5.71. The van der Waals surface area contributed by atoms with Crippen LogP contribution in [0.15, 0.2) is 109 Å². The topological polar surface area (TPSA) is 52.6 Å². The molecule has 0 aliphatic rings. The third-order valence-electron chi connectivity index (χ3n) is 5.93. The molecule has 4 heteroatoms. The van der Waals surface area contributed by atoms with Gasteiger partial charge in [0.05, 0.1) is 20.1 Å². The Hall–Kier alpha value is -4.62. The van der Waals surface area contributed by atoms with Gasteiger partial charge in [-0.3, -0.25) is 9.59 Å². The number of benzene rings is 4. The number of carbonyl (C=O) groups is 2. The molecule has 4 rings (SSSR count). The van der Waals surface area contributed by atoms with Gasteiger partial charge in [-0.2, -0.15) is 0 Å².